The molecule has 0 bridgehead atoms. The highest BCUT2D eigenvalue weighted by Crippen LogP contribution is 2.38. The highest BCUT2D eigenvalue weighted by molar-refractivity contribution is 5.73. The van der Waals surface area contributed by atoms with E-state index < -0.39 is 17.6 Å². The first-order valence-corrected chi connectivity index (χ1v) is 5.45. The molecule has 0 spiro atoms. The summed E-state index contributed by atoms with van der Waals surface area (Å²) >= 11 is 0. The fraction of sp³-hybridized carbons (Fsp3) is 0.154. The highest BCUT2D eigenvalue weighted by Gasteiger charge is 2.35. The predicted molar refractivity (Wildman–Crippen MR) is 65.9 cm³/mol. The first-order valence-electron chi connectivity index (χ1n) is 5.45. The van der Waals surface area contributed by atoms with Crippen LogP contribution in [-0.4, -0.2) is 9.55 Å². The van der Waals surface area contributed by atoms with E-state index in [1.807, 2.05) is 0 Å². The summed E-state index contributed by atoms with van der Waals surface area (Å²) in [5, 5.41) is 0. The Morgan fingerprint density at radius 2 is 2.05 bits per heavy atom. The third-order valence-electron chi connectivity index (χ3n) is 2.68. The number of halogens is 4. The van der Waals surface area contributed by atoms with Gasteiger partial charge in [-0.3, -0.25) is 0 Å². The van der Waals surface area contributed by atoms with Crippen LogP contribution in [0.4, 0.5) is 23.4 Å². The van der Waals surface area contributed by atoms with Crippen LogP contribution in [0.1, 0.15) is 5.56 Å². The molecule has 0 saturated carbocycles. The van der Waals surface area contributed by atoms with Gasteiger partial charge < -0.3 is 10.3 Å². The van der Waals surface area contributed by atoms with E-state index >= 15 is 0 Å². The fourth-order valence-electron chi connectivity index (χ4n) is 1.78. The summed E-state index contributed by atoms with van der Waals surface area (Å²) in [5.41, 5.74) is 4.22. The van der Waals surface area contributed by atoms with Gasteiger partial charge in [-0.15, -0.1) is 6.42 Å². The number of rotatable bonds is 2. The molecule has 1 aromatic heterocycles. The molecule has 0 aliphatic heterocycles. The van der Waals surface area contributed by atoms with E-state index in [0.717, 1.165) is 12.1 Å². The lowest BCUT2D eigenvalue weighted by Gasteiger charge is -2.12. The molecule has 104 valence electrons. The first-order chi connectivity index (χ1) is 9.34. The van der Waals surface area contributed by atoms with Crippen LogP contribution in [0.15, 0.2) is 24.5 Å². The molecule has 7 heteroatoms. The normalized spacial score (nSPS) is 11.3. The van der Waals surface area contributed by atoms with Crippen LogP contribution in [0.2, 0.25) is 0 Å². The number of alkyl halides is 3. The molecule has 3 nitrogen and oxygen atoms in total. The lowest BCUT2D eigenvalue weighted by molar-refractivity contribution is -0.137. The summed E-state index contributed by atoms with van der Waals surface area (Å²) in [5.74, 6) is 1.32. The quantitative estimate of drug-likeness (QED) is 0.680. The first kappa shape index (κ1) is 13.9. The average molecular weight is 283 g/mol. The minimum Gasteiger partial charge on any atom is -0.383 e. The largest absolute Gasteiger partial charge is 0.417 e. The van der Waals surface area contributed by atoms with Gasteiger partial charge in [-0.05, 0) is 18.2 Å². The monoisotopic (exact) mass is 283 g/mol. The van der Waals surface area contributed by atoms with E-state index in [2.05, 4.69) is 10.9 Å². The molecular weight excluding hydrogens is 274 g/mol. The molecule has 0 atom stereocenters. The van der Waals surface area contributed by atoms with Gasteiger partial charge in [0.25, 0.3) is 0 Å². The van der Waals surface area contributed by atoms with Crippen molar-refractivity contribution in [3.05, 3.63) is 35.9 Å². The second kappa shape index (κ2) is 4.89. The molecule has 0 amide bonds. The Balaban J connectivity index is 2.62. The summed E-state index contributed by atoms with van der Waals surface area (Å²) in [6.07, 6.45) is 1.65. The van der Waals surface area contributed by atoms with Gasteiger partial charge in [-0.2, -0.15) is 13.2 Å². The molecule has 0 radical (unpaired) electrons. The molecular formula is C13H9F4N3. The average Bonchev–Trinajstić information content (AvgIpc) is 2.71. The van der Waals surface area contributed by atoms with Crippen LogP contribution in [0.25, 0.3) is 11.3 Å². The van der Waals surface area contributed by atoms with Gasteiger partial charge in [0, 0.05) is 5.56 Å². The molecule has 2 rings (SSSR count). The predicted octanol–water partition coefficient (Wildman–Crippen LogP) is 2.92. The Labute approximate surface area is 112 Å². The summed E-state index contributed by atoms with van der Waals surface area (Å²) in [4.78, 5) is 3.83. The molecule has 1 heterocycles. The van der Waals surface area contributed by atoms with Crippen LogP contribution in [0, 0.1) is 18.2 Å². The minimum absolute atomic E-state index is 0.0000539. The Morgan fingerprint density at radius 1 is 1.35 bits per heavy atom. The van der Waals surface area contributed by atoms with Crippen molar-refractivity contribution in [1.29, 1.82) is 0 Å². The number of aromatic nitrogens is 2. The molecule has 2 N–H and O–H groups in total. The van der Waals surface area contributed by atoms with Gasteiger partial charge in [-0.1, -0.05) is 5.92 Å². The molecule has 0 unspecified atom stereocenters. The molecule has 20 heavy (non-hydrogen) atoms. The zero-order valence-corrected chi connectivity index (χ0v) is 10.1. The molecule has 1 aromatic carbocycles. The molecule has 0 aliphatic carbocycles. The zero-order chi connectivity index (χ0) is 14.9. The summed E-state index contributed by atoms with van der Waals surface area (Å²) < 4.78 is 53.1. The van der Waals surface area contributed by atoms with Crippen molar-refractivity contribution in [3.8, 4) is 23.6 Å². The Bertz CT molecular complexity index is 680. The summed E-state index contributed by atoms with van der Waals surface area (Å²) in [6.45, 7) is 0.0847. The number of imidazole rings is 1. The van der Waals surface area contributed by atoms with Crippen LogP contribution < -0.4 is 5.73 Å². The lowest BCUT2D eigenvalue weighted by Crippen LogP contribution is -2.09. The van der Waals surface area contributed by atoms with E-state index in [1.165, 1.54) is 10.9 Å². The maximum absolute atomic E-state index is 13.0. The third kappa shape index (κ3) is 2.45. The topological polar surface area (TPSA) is 43.8 Å². The molecule has 0 saturated heterocycles. The molecule has 0 fully saturated rings. The van der Waals surface area contributed by atoms with Crippen LogP contribution in [0.5, 0.6) is 0 Å². The van der Waals surface area contributed by atoms with E-state index in [1.54, 1.807) is 0 Å². The Morgan fingerprint density at radius 3 is 2.65 bits per heavy atom. The van der Waals surface area contributed by atoms with Crippen LogP contribution >= 0.6 is 0 Å². The van der Waals surface area contributed by atoms with Gasteiger partial charge in [0.2, 0.25) is 0 Å². The minimum atomic E-state index is -4.71. The number of terminal acetylenes is 1. The third-order valence-corrected chi connectivity index (χ3v) is 2.68. The van der Waals surface area contributed by atoms with Crippen molar-refractivity contribution >= 4 is 5.82 Å². The molecule has 2 aromatic rings. The lowest BCUT2D eigenvalue weighted by atomic mass is 10.0. The van der Waals surface area contributed by atoms with E-state index in [9.17, 15) is 17.6 Å². The standard InChI is InChI=1S/C13H9F4N3/c1-2-5-20-7-19-11(12(20)18)9-4-3-8(14)6-10(9)13(15,16)17/h1,3-4,6-7H,5,18H2. The second-order valence-corrected chi connectivity index (χ2v) is 4.00. The van der Waals surface area contributed by atoms with Crippen molar-refractivity contribution < 1.29 is 17.6 Å². The van der Waals surface area contributed by atoms with Gasteiger partial charge >= 0.3 is 6.18 Å². The maximum atomic E-state index is 13.0. The zero-order valence-electron chi connectivity index (χ0n) is 10.1. The number of hydrogen-bond acceptors (Lipinski definition) is 2. The van der Waals surface area contributed by atoms with Crippen LogP contribution in [0.3, 0.4) is 0 Å². The van der Waals surface area contributed by atoms with Gasteiger partial charge in [0.15, 0.2) is 0 Å². The molecule has 0 aliphatic rings. The van der Waals surface area contributed by atoms with Crippen molar-refractivity contribution in [2.75, 3.05) is 5.73 Å². The number of hydrogen-bond donors (Lipinski definition) is 1. The Hall–Kier alpha value is -2.49. The number of anilines is 1. The van der Waals surface area contributed by atoms with Gasteiger partial charge in [0.05, 0.1) is 18.4 Å². The fourth-order valence-corrected chi connectivity index (χ4v) is 1.78. The maximum Gasteiger partial charge on any atom is 0.417 e. The number of nitrogen functional groups attached to an aromatic ring is 1. The highest BCUT2D eigenvalue weighted by atomic mass is 19.4. The number of nitrogens with zero attached hydrogens (tertiary/aromatic N) is 2. The van der Waals surface area contributed by atoms with E-state index in [0.29, 0.717) is 6.07 Å². The van der Waals surface area contributed by atoms with Crippen molar-refractivity contribution in [3.63, 3.8) is 0 Å². The van der Waals surface area contributed by atoms with Crippen molar-refractivity contribution in [1.82, 2.24) is 9.55 Å². The van der Waals surface area contributed by atoms with Gasteiger partial charge in [0.1, 0.15) is 17.3 Å². The van der Waals surface area contributed by atoms with Crippen LogP contribution in [-0.2, 0) is 12.7 Å². The van der Waals surface area contributed by atoms with E-state index in [-0.39, 0.29) is 23.6 Å². The smallest absolute Gasteiger partial charge is 0.383 e. The van der Waals surface area contributed by atoms with Crippen molar-refractivity contribution in [2.24, 2.45) is 0 Å². The van der Waals surface area contributed by atoms with Crippen molar-refractivity contribution in [2.45, 2.75) is 12.7 Å². The summed E-state index contributed by atoms with van der Waals surface area (Å²) in [6, 6.07) is 2.33. The number of benzene rings is 1. The second-order valence-electron chi connectivity index (χ2n) is 4.00. The van der Waals surface area contributed by atoms with E-state index in [4.69, 9.17) is 12.2 Å². The SMILES string of the molecule is C#CCn1cnc(-c2ccc(F)cc2C(F)(F)F)c1N. The van der Waals surface area contributed by atoms with Gasteiger partial charge in [-0.25, -0.2) is 9.37 Å². The Kier molecular flexibility index (Phi) is 3.40. The summed E-state index contributed by atoms with van der Waals surface area (Å²) in [7, 11) is 0. The number of nitrogens with two attached hydrogens (primary N) is 1.